The van der Waals surface area contributed by atoms with E-state index in [0.717, 1.165) is 11.7 Å². The lowest BCUT2D eigenvalue weighted by Gasteiger charge is -2.22. The van der Waals surface area contributed by atoms with E-state index in [1.54, 1.807) is 0 Å². The molecular weight excluding hydrogens is 288 g/mol. The van der Waals surface area contributed by atoms with Gasteiger partial charge in [0, 0.05) is 11.7 Å². The first-order valence-corrected chi connectivity index (χ1v) is 10.9. The molecule has 0 saturated heterocycles. The van der Waals surface area contributed by atoms with Gasteiger partial charge in [0.15, 0.2) is 0 Å². The predicted octanol–water partition coefficient (Wildman–Crippen LogP) is 4.37. The van der Waals surface area contributed by atoms with Gasteiger partial charge in [0.2, 0.25) is 0 Å². The number of hydrogen-bond donors (Lipinski definition) is 2. The van der Waals surface area contributed by atoms with Crippen molar-refractivity contribution in [2.75, 3.05) is 5.32 Å². The number of carbonyl (C=O) groups excluding carboxylic acids is 1. The SMILES string of the molecule is C#C[Si](C)(C)CC(C)NC(=O)Nc1ccc(C(C)(C)C)cc1. The number of hydrogen-bond acceptors (Lipinski definition) is 1. The first-order valence-electron chi connectivity index (χ1n) is 7.69. The maximum atomic E-state index is 12.0. The van der Waals surface area contributed by atoms with Gasteiger partial charge < -0.3 is 10.6 Å². The Bertz CT molecular complexity index is 550. The molecule has 1 atom stereocenters. The largest absolute Gasteiger partial charge is 0.336 e. The van der Waals surface area contributed by atoms with Crippen molar-refractivity contribution in [2.45, 2.75) is 58.3 Å². The Morgan fingerprint density at radius 2 is 1.82 bits per heavy atom. The van der Waals surface area contributed by atoms with Crippen LogP contribution in [-0.4, -0.2) is 20.1 Å². The molecule has 0 aromatic heterocycles. The quantitative estimate of drug-likeness (QED) is 0.628. The highest BCUT2D eigenvalue weighted by Gasteiger charge is 2.22. The van der Waals surface area contributed by atoms with Gasteiger partial charge in [-0.2, -0.15) is 0 Å². The second kappa shape index (κ2) is 7.02. The van der Waals surface area contributed by atoms with Crippen molar-refractivity contribution in [2.24, 2.45) is 0 Å². The Morgan fingerprint density at radius 1 is 1.27 bits per heavy atom. The van der Waals surface area contributed by atoms with Gasteiger partial charge in [-0.3, -0.25) is 0 Å². The summed E-state index contributed by atoms with van der Waals surface area (Å²) < 4.78 is 0. The summed E-state index contributed by atoms with van der Waals surface area (Å²) in [7, 11) is -1.64. The van der Waals surface area contributed by atoms with Gasteiger partial charge in [-0.25, -0.2) is 4.79 Å². The number of terminal acetylenes is 1. The molecule has 0 aliphatic carbocycles. The number of benzene rings is 1. The first kappa shape index (κ1) is 18.3. The van der Waals surface area contributed by atoms with Crippen LogP contribution < -0.4 is 10.6 Å². The van der Waals surface area contributed by atoms with Crippen LogP contribution in [-0.2, 0) is 5.41 Å². The van der Waals surface area contributed by atoms with Gasteiger partial charge >= 0.3 is 6.03 Å². The topological polar surface area (TPSA) is 41.1 Å². The summed E-state index contributed by atoms with van der Waals surface area (Å²) in [5.74, 6) is 0. The van der Waals surface area contributed by atoms with E-state index in [9.17, 15) is 4.79 Å². The molecular formula is C18H28N2OSi. The lowest BCUT2D eigenvalue weighted by molar-refractivity contribution is 0.250. The Labute approximate surface area is 135 Å². The molecule has 0 bridgehead atoms. The fourth-order valence-corrected chi connectivity index (χ4v) is 4.07. The standard InChI is InChI=1S/C18H28N2OSi/c1-8-22(6,7)13-14(2)19-17(21)20-16-11-9-15(10-12-16)18(3,4)5/h1,9-12,14H,13H2,2-7H3,(H2,19,20,21). The minimum Gasteiger partial charge on any atom is -0.336 e. The molecule has 4 heteroatoms. The van der Waals surface area contributed by atoms with Gasteiger partial charge in [-0.1, -0.05) is 46.0 Å². The van der Waals surface area contributed by atoms with E-state index < -0.39 is 8.07 Å². The van der Waals surface area contributed by atoms with Gasteiger partial charge in [0.05, 0.1) is 0 Å². The molecule has 1 aromatic rings. The summed E-state index contributed by atoms with van der Waals surface area (Å²) in [5, 5.41) is 5.82. The van der Waals surface area contributed by atoms with E-state index in [1.165, 1.54) is 5.56 Å². The molecule has 2 N–H and O–H groups in total. The molecule has 0 spiro atoms. The Kier molecular flexibility index (Phi) is 5.84. The third-order valence-electron chi connectivity index (χ3n) is 3.59. The molecule has 1 rings (SSSR count). The highest BCUT2D eigenvalue weighted by Crippen LogP contribution is 2.23. The molecule has 0 heterocycles. The molecule has 120 valence electrons. The van der Waals surface area contributed by atoms with Crippen LogP contribution in [0.4, 0.5) is 10.5 Å². The minimum absolute atomic E-state index is 0.0755. The fourth-order valence-electron chi connectivity index (χ4n) is 2.32. The molecule has 22 heavy (non-hydrogen) atoms. The molecule has 3 nitrogen and oxygen atoms in total. The lowest BCUT2D eigenvalue weighted by atomic mass is 9.87. The Hall–Kier alpha value is -1.73. The van der Waals surface area contributed by atoms with E-state index >= 15 is 0 Å². The van der Waals surface area contributed by atoms with Gasteiger partial charge in [0.25, 0.3) is 0 Å². The highest BCUT2D eigenvalue weighted by atomic mass is 28.3. The van der Waals surface area contributed by atoms with Gasteiger partial charge in [-0.05, 0) is 36.1 Å². The molecule has 1 unspecified atom stereocenters. The fraction of sp³-hybridized carbons (Fsp3) is 0.500. The van der Waals surface area contributed by atoms with E-state index in [0.29, 0.717) is 0 Å². The average molecular weight is 317 g/mol. The maximum Gasteiger partial charge on any atom is 0.319 e. The molecule has 0 aliphatic heterocycles. The third kappa shape index (κ3) is 5.95. The summed E-state index contributed by atoms with van der Waals surface area (Å²) in [4.78, 5) is 12.0. The number of rotatable bonds is 4. The van der Waals surface area contributed by atoms with Crippen molar-refractivity contribution in [1.82, 2.24) is 5.32 Å². The summed E-state index contributed by atoms with van der Waals surface area (Å²) in [6.45, 7) is 12.8. The lowest BCUT2D eigenvalue weighted by Crippen LogP contribution is -2.41. The third-order valence-corrected chi connectivity index (χ3v) is 6.01. The number of urea groups is 1. The van der Waals surface area contributed by atoms with E-state index in [-0.39, 0.29) is 17.5 Å². The maximum absolute atomic E-state index is 12.0. The Balaban J connectivity index is 2.57. The van der Waals surface area contributed by atoms with Crippen molar-refractivity contribution in [3.05, 3.63) is 29.8 Å². The van der Waals surface area contributed by atoms with E-state index in [1.807, 2.05) is 31.2 Å². The van der Waals surface area contributed by atoms with Crippen LogP contribution in [0.5, 0.6) is 0 Å². The smallest absolute Gasteiger partial charge is 0.319 e. The molecule has 0 saturated carbocycles. The van der Waals surface area contributed by atoms with E-state index in [4.69, 9.17) is 6.42 Å². The van der Waals surface area contributed by atoms with E-state index in [2.05, 4.69) is 50.0 Å². The van der Waals surface area contributed by atoms with Crippen LogP contribution in [0.3, 0.4) is 0 Å². The number of carbonyl (C=O) groups is 1. The van der Waals surface area contributed by atoms with Crippen LogP contribution in [0, 0.1) is 12.0 Å². The second-order valence-electron chi connectivity index (χ2n) is 7.56. The minimum atomic E-state index is -1.64. The highest BCUT2D eigenvalue weighted by molar-refractivity contribution is 6.85. The van der Waals surface area contributed by atoms with Crippen LogP contribution >= 0.6 is 0 Å². The second-order valence-corrected chi connectivity index (χ2v) is 12.0. The van der Waals surface area contributed by atoms with Crippen molar-refractivity contribution in [3.63, 3.8) is 0 Å². The van der Waals surface area contributed by atoms with Crippen molar-refractivity contribution in [1.29, 1.82) is 0 Å². The number of nitrogens with one attached hydrogen (secondary N) is 2. The zero-order valence-electron chi connectivity index (χ0n) is 14.6. The van der Waals surface area contributed by atoms with Crippen molar-refractivity contribution >= 4 is 19.8 Å². The zero-order chi connectivity index (χ0) is 17.0. The zero-order valence-corrected chi connectivity index (χ0v) is 15.6. The monoisotopic (exact) mass is 316 g/mol. The van der Waals surface area contributed by atoms with Crippen LogP contribution in [0.1, 0.15) is 33.3 Å². The summed E-state index contributed by atoms with van der Waals surface area (Å²) >= 11 is 0. The molecule has 0 radical (unpaired) electrons. The molecule has 0 aliphatic rings. The van der Waals surface area contributed by atoms with Gasteiger partial charge in [-0.15, -0.1) is 12.0 Å². The normalized spacial score (nSPS) is 13.1. The summed E-state index contributed by atoms with van der Waals surface area (Å²) in [6, 6.07) is 8.74. The van der Waals surface area contributed by atoms with Crippen molar-refractivity contribution in [3.8, 4) is 12.0 Å². The molecule has 1 aromatic carbocycles. The van der Waals surface area contributed by atoms with Gasteiger partial charge in [0.1, 0.15) is 8.07 Å². The number of amides is 2. The summed E-state index contributed by atoms with van der Waals surface area (Å²) in [5.41, 5.74) is 5.04. The van der Waals surface area contributed by atoms with Crippen LogP contribution in [0.2, 0.25) is 19.1 Å². The molecule has 2 amide bonds. The average Bonchev–Trinajstić information content (AvgIpc) is 2.37. The number of anilines is 1. The van der Waals surface area contributed by atoms with Crippen LogP contribution in [0.15, 0.2) is 24.3 Å². The van der Waals surface area contributed by atoms with Crippen LogP contribution in [0.25, 0.3) is 0 Å². The Morgan fingerprint density at radius 3 is 2.27 bits per heavy atom. The first-order chi connectivity index (χ1) is 10.0. The molecule has 0 fully saturated rings. The van der Waals surface area contributed by atoms with Crippen molar-refractivity contribution < 1.29 is 4.79 Å². The summed E-state index contributed by atoms with van der Waals surface area (Å²) in [6.07, 6.45) is 5.54. The predicted molar refractivity (Wildman–Crippen MR) is 97.9 cm³/mol.